The molecular weight excluding hydrogens is 633 g/mol. The van der Waals surface area contributed by atoms with Crippen molar-refractivity contribution in [2.45, 2.75) is 0 Å². The van der Waals surface area contributed by atoms with Gasteiger partial charge in [-0.15, -0.1) is 11.3 Å². The van der Waals surface area contributed by atoms with Gasteiger partial charge in [-0.3, -0.25) is 0 Å². The number of fused-ring (bicyclic) bond motifs is 8. The van der Waals surface area contributed by atoms with Gasteiger partial charge >= 0.3 is 0 Å². The Morgan fingerprint density at radius 3 is 1.47 bits per heavy atom. The number of hydrogen-bond acceptors (Lipinski definition) is 1. The Morgan fingerprint density at radius 1 is 0.275 bits per heavy atom. The lowest BCUT2D eigenvalue weighted by molar-refractivity contribution is 1.68. The molecule has 0 fully saturated rings. The van der Waals surface area contributed by atoms with E-state index in [-0.39, 0.29) is 0 Å². The summed E-state index contributed by atoms with van der Waals surface area (Å²) < 4.78 is 2.69. The molecule has 236 valence electrons. The molecule has 51 heavy (non-hydrogen) atoms. The first-order valence-electron chi connectivity index (χ1n) is 17.6. The molecule has 11 aromatic rings. The van der Waals surface area contributed by atoms with Gasteiger partial charge in [-0.05, 0) is 106 Å². The van der Waals surface area contributed by atoms with Crippen molar-refractivity contribution in [3.8, 4) is 33.4 Å². The molecule has 1 heterocycles. The summed E-state index contributed by atoms with van der Waals surface area (Å²) in [5.74, 6) is 0. The van der Waals surface area contributed by atoms with E-state index < -0.39 is 0 Å². The Kier molecular flexibility index (Phi) is 6.22. The van der Waals surface area contributed by atoms with Crippen LogP contribution < -0.4 is 0 Å². The van der Waals surface area contributed by atoms with Gasteiger partial charge in [0.05, 0.1) is 0 Å². The van der Waals surface area contributed by atoms with Crippen LogP contribution in [0, 0.1) is 0 Å². The van der Waals surface area contributed by atoms with Gasteiger partial charge in [0.25, 0.3) is 0 Å². The first-order valence-corrected chi connectivity index (χ1v) is 18.4. The number of thiophene rings is 1. The van der Waals surface area contributed by atoms with Gasteiger partial charge in [0.15, 0.2) is 0 Å². The third kappa shape index (κ3) is 4.32. The van der Waals surface area contributed by atoms with Gasteiger partial charge in [-0.1, -0.05) is 158 Å². The van der Waals surface area contributed by atoms with Crippen molar-refractivity contribution >= 4 is 85.4 Å². The predicted octanol–water partition coefficient (Wildman–Crippen LogP) is 14.8. The Balaban J connectivity index is 1.13. The average Bonchev–Trinajstić information content (AvgIpc) is 3.56. The van der Waals surface area contributed by atoms with Gasteiger partial charge in [0.1, 0.15) is 0 Å². The zero-order chi connectivity index (χ0) is 33.5. The van der Waals surface area contributed by atoms with Crippen molar-refractivity contribution < 1.29 is 0 Å². The molecule has 0 N–H and O–H groups in total. The predicted molar refractivity (Wildman–Crippen MR) is 223 cm³/mol. The van der Waals surface area contributed by atoms with Gasteiger partial charge in [-0.2, -0.15) is 0 Å². The quantitative estimate of drug-likeness (QED) is 0.165. The summed E-state index contributed by atoms with van der Waals surface area (Å²) >= 11 is 1.91. The van der Waals surface area contributed by atoms with E-state index in [2.05, 4.69) is 182 Å². The van der Waals surface area contributed by atoms with Crippen LogP contribution in [0.5, 0.6) is 0 Å². The van der Waals surface area contributed by atoms with Crippen LogP contribution in [0.1, 0.15) is 0 Å². The monoisotopic (exact) mass is 662 g/mol. The van der Waals surface area contributed by atoms with Crippen LogP contribution in [0.3, 0.4) is 0 Å². The fourth-order valence-electron chi connectivity index (χ4n) is 8.54. The Morgan fingerprint density at radius 2 is 0.784 bits per heavy atom. The molecular formula is C50H30S. The number of hydrogen-bond donors (Lipinski definition) is 0. The van der Waals surface area contributed by atoms with Gasteiger partial charge in [0, 0.05) is 25.7 Å². The van der Waals surface area contributed by atoms with E-state index in [1.165, 1.54) is 107 Å². The first kappa shape index (κ1) is 28.5. The molecule has 10 aromatic carbocycles. The molecule has 0 bridgehead atoms. The normalized spacial score (nSPS) is 11.9. The highest BCUT2D eigenvalue weighted by Gasteiger charge is 2.19. The highest BCUT2D eigenvalue weighted by Crippen LogP contribution is 2.47. The average molecular weight is 663 g/mol. The lowest BCUT2D eigenvalue weighted by Gasteiger charge is -2.19. The van der Waals surface area contributed by atoms with Crippen LogP contribution in [-0.2, 0) is 0 Å². The third-order valence-corrected chi connectivity index (χ3v) is 12.0. The van der Waals surface area contributed by atoms with Crippen molar-refractivity contribution in [3.63, 3.8) is 0 Å². The summed E-state index contributed by atoms with van der Waals surface area (Å²) in [6.45, 7) is 0. The number of rotatable bonds is 3. The zero-order valence-corrected chi connectivity index (χ0v) is 28.5. The highest BCUT2D eigenvalue weighted by molar-refractivity contribution is 7.26. The van der Waals surface area contributed by atoms with E-state index in [1.54, 1.807) is 0 Å². The molecule has 0 nitrogen and oxygen atoms in total. The minimum absolute atomic E-state index is 1.24. The van der Waals surface area contributed by atoms with Crippen LogP contribution in [-0.4, -0.2) is 0 Å². The molecule has 0 aliphatic rings. The molecule has 0 saturated heterocycles. The maximum absolute atomic E-state index is 2.39. The van der Waals surface area contributed by atoms with Crippen molar-refractivity contribution in [2.24, 2.45) is 0 Å². The van der Waals surface area contributed by atoms with Crippen molar-refractivity contribution in [2.75, 3.05) is 0 Å². The smallest absolute Gasteiger partial charge is 0.0440 e. The Hall–Kier alpha value is -6.28. The first-order chi connectivity index (χ1) is 25.3. The van der Waals surface area contributed by atoms with Crippen LogP contribution in [0.2, 0.25) is 0 Å². The van der Waals surface area contributed by atoms with Crippen molar-refractivity contribution in [3.05, 3.63) is 182 Å². The lowest BCUT2D eigenvalue weighted by Crippen LogP contribution is -1.91. The molecule has 0 spiro atoms. The summed E-state index contributed by atoms with van der Waals surface area (Å²) in [7, 11) is 0. The zero-order valence-electron chi connectivity index (χ0n) is 27.7. The second-order valence-corrected chi connectivity index (χ2v) is 14.6. The molecule has 0 aliphatic heterocycles. The molecule has 0 radical (unpaired) electrons. The second-order valence-electron chi connectivity index (χ2n) is 13.6. The van der Waals surface area contributed by atoms with Crippen molar-refractivity contribution in [1.29, 1.82) is 0 Å². The Bertz CT molecular complexity index is 3130. The minimum atomic E-state index is 1.24. The van der Waals surface area contributed by atoms with E-state index in [9.17, 15) is 0 Å². The maximum Gasteiger partial charge on any atom is 0.0440 e. The third-order valence-electron chi connectivity index (χ3n) is 10.8. The maximum atomic E-state index is 2.39. The molecule has 0 saturated carbocycles. The summed E-state index contributed by atoms with van der Waals surface area (Å²) in [4.78, 5) is 0. The van der Waals surface area contributed by atoms with Crippen LogP contribution in [0.4, 0.5) is 0 Å². The summed E-state index contributed by atoms with van der Waals surface area (Å²) in [6, 6.07) is 67.5. The Labute approximate surface area is 299 Å². The van der Waals surface area contributed by atoms with E-state index in [0.29, 0.717) is 0 Å². The molecule has 1 heteroatoms. The molecule has 0 atom stereocenters. The van der Waals surface area contributed by atoms with Crippen LogP contribution in [0.15, 0.2) is 182 Å². The van der Waals surface area contributed by atoms with Gasteiger partial charge in [-0.25, -0.2) is 0 Å². The molecule has 1 aromatic heterocycles. The highest BCUT2D eigenvalue weighted by atomic mass is 32.1. The molecule has 0 aliphatic carbocycles. The van der Waals surface area contributed by atoms with Crippen LogP contribution >= 0.6 is 11.3 Å². The van der Waals surface area contributed by atoms with E-state index >= 15 is 0 Å². The summed E-state index contributed by atoms with van der Waals surface area (Å²) in [6.07, 6.45) is 0. The minimum Gasteiger partial charge on any atom is -0.135 e. The standard InChI is InChI=1S/C50H30S/c1-3-15-37-31(12-1)14-11-22-40(37)49-43-20-7-5-18-41(43)47(42-19-6-8-21-44(42)49)35-26-24-33-29-36(27-25-32(33)28-35)48-38-16-4-2-13-34(38)30-45-39-17-9-10-23-46(39)51-50(45)48/h1-30H. The topological polar surface area (TPSA) is 0 Å². The summed E-state index contributed by atoms with van der Waals surface area (Å²) in [5, 5.41) is 15.4. The van der Waals surface area contributed by atoms with E-state index in [1.807, 2.05) is 11.3 Å². The van der Waals surface area contributed by atoms with E-state index in [0.717, 1.165) is 0 Å². The largest absolute Gasteiger partial charge is 0.135 e. The fourth-order valence-corrected chi connectivity index (χ4v) is 9.80. The van der Waals surface area contributed by atoms with Crippen molar-refractivity contribution in [1.82, 2.24) is 0 Å². The molecule has 0 unspecified atom stereocenters. The molecule has 11 rings (SSSR count). The molecule has 0 amide bonds. The second kappa shape index (κ2) is 11.1. The van der Waals surface area contributed by atoms with Crippen LogP contribution in [0.25, 0.3) is 107 Å². The lowest BCUT2D eigenvalue weighted by atomic mass is 9.84. The number of benzene rings is 10. The van der Waals surface area contributed by atoms with E-state index in [4.69, 9.17) is 0 Å². The summed E-state index contributed by atoms with van der Waals surface area (Å²) in [5.41, 5.74) is 7.70. The van der Waals surface area contributed by atoms with Gasteiger partial charge in [0.2, 0.25) is 0 Å². The van der Waals surface area contributed by atoms with Gasteiger partial charge < -0.3 is 0 Å². The SMILES string of the molecule is c1ccc2c(-c3c4ccccc4c(-c4ccc5cc(-c6c7ccccc7cc7c6sc6ccccc67)ccc5c4)c4ccccc34)cccc2c1. The fraction of sp³-hybridized carbons (Fsp3) is 0.